The van der Waals surface area contributed by atoms with Crippen molar-refractivity contribution >= 4 is 29.3 Å². The summed E-state index contributed by atoms with van der Waals surface area (Å²) in [6.07, 6.45) is 3.47. The smallest absolute Gasteiger partial charge is 0.407 e. The molecule has 1 aromatic rings. The van der Waals surface area contributed by atoms with Crippen molar-refractivity contribution in [2.75, 3.05) is 6.54 Å². The average Bonchev–Trinajstić information content (AvgIpc) is 2.46. The van der Waals surface area contributed by atoms with E-state index in [2.05, 4.69) is 5.32 Å². The third kappa shape index (κ3) is 6.33. The van der Waals surface area contributed by atoms with E-state index in [-0.39, 0.29) is 5.41 Å². The molecule has 2 N–H and O–H groups in total. The summed E-state index contributed by atoms with van der Waals surface area (Å²) in [5, 5.41) is 14.6. The molecule has 1 fully saturated rings. The summed E-state index contributed by atoms with van der Waals surface area (Å²) in [6, 6.07) is 5.60. The van der Waals surface area contributed by atoms with Crippen LogP contribution in [0.25, 0.3) is 0 Å². The maximum atomic E-state index is 12.1. The number of nitrogens with one attached hydrogen (secondary N) is 1. The normalized spacial score (nSPS) is 26.4. The molecule has 4 nitrogen and oxygen atoms in total. The van der Waals surface area contributed by atoms with Gasteiger partial charge in [-0.15, -0.1) is 0 Å². The van der Waals surface area contributed by atoms with Crippen LogP contribution in [0.1, 0.15) is 58.9 Å². The number of halogens is 2. The van der Waals surface area contributed by atoms with Gasteiger partial charge in [-0.2, -0.15) is 0 Å². The van der Waals surface area contributed by atoms with E-state index in [4.69, 9.17) is 27.9 Å². The molecule has 2 atom stereocenters. The molecule has 1 aromatic carbocycles. The van der Waals surface area contributed by atoms with Crippen molar-refractivity contribution in [1.82, 2.24) is 5.32 Å². The summed E-state index contributed by atoms with van der Waals surface area (Å²) in [5.74, 6) is 0. The van der Waals surface area contributed by atoms with Crippen molar-refractivity contribution in [3.63, 3.8) is 0 Å². The first-order valence-electron chi connectivity index (χ1n) is 9.03. The van der Waals surface area contributed by atoms with Crippen molar-refractivity contribution in [3.8, 4) is 0 Å². The molecule has 1 amide bonds. The van der Waals surface area contributed by atoms with Gasteiger partial charge >= 0.3 is 6.09 Å². The van der Waals surface area contributed by atoms with E-state index in [1.54, 1.807) is 6.07 Å². The molecule has 0 aromatic heterocycles. The summed E-state index contributed by atoms with van der Waals surface area (Å²) >= 11 is 12.2. The molecule has 0 spiro atoms. The minimum atomic E-state index is -0.746. The topological polar surface area (TPSA) is 58.6 Å². The van der Waals surface area contributed by atoms with Crippen LogP contribution < -0.4 is 5.32 Å². The maximum absolute atomic E-state index is 12.1. The van der Waals surface area contributed by atoms with Crippen LogP contribution in [0, 0.1) is 5.41 Å². The molecule has 1 aliphatic carbocycles. The number of amides is 1. The number of benzene rings is 1. The fourth-order valence-electron chi connectivity index (χ4n) is 3.85. The highest BCUT2D eigenvalue weighted by Crippen LogP contribution is 2.44. The molecule has 0 bridgehead atoms. The van der Waals surface area contributed by atoms with Crippen LogP contribution in [-0.2, 0) is 11.2 Å². The highest BCUT2D eigenvalue weighted by atomic mass is 35.5. The number of rotatable bonds is 4. The highest BCUT2D eigenvalue weighted by molar-refractivity contribution is 6.42. The molecule has 1 unspecified atom stereocenters. The van der Waals surface area contributed by atoms with Crippen LogP contribution in [0.2, 0.25) is 10.0 Å². The number of carbonyl (C=O) groups is 1. The van der Waals surface area contributed by atoms with Gasteiger partial charge in [-0.1, -0.05) is 29.3 Å². The Hall–Kier alpha value is -0.970. The van der Waals surface area contributed by atoms with Gasteiger partial charge < -0.3 is 15.2 Å². The van der Waals surface area contributed by atoms with Crippen molar-refractivity contribution in [3.05, 3.63) is 33.8 Å². The van der Waals surface area contributed by atoms with Crippen LogP contribution in [-0.4, -0.2) is 28.9 Å². The Morgan fingerprint density at radius 3 is 2.54 bits per heavy atom. The van der Waals surface area contributed by atoms with E-state index in [1.165, 1.54) is 0 Å². The van der Waals surface area contributed by atoms with Crippen molar-refractivity contribution in [2.45, 2.75) is 71.0 Å². The minimum absolute atomic E-state index is 0.254. The van der Waals surface area contributed by atoms with Crippen molar-refractivity contribution < 1.29 is 14.6 Å². The van der Waals surface area contributed by atoms with Gasteiger partial charge in [-0.3, -0.25) is 0 Å². The number of hydrogen-bond acceptors (Lipinski definition) is 3. The van der Waals surface area contributed by atoms with E-state index < -0.39 is 17.3 Å². The number of hydrogen-bond donors (Lipinski definition) is 2. The first-order valence-corrected chi connectivity index (χ1v) is 9.79. The molecule has 146 valence electrons. The first kappa shape index (κ1) is 21.3. The molecule has 0 saturated heterocycles. The Morgan fingerprint density at radius 2 is 1.96 bits per heavy atom. The standard InChI is InChI=1S/C20H29Cl2NO3/c1-18(2,3)26-17(24)23-13-20(9-5-8-19(4,25)12-20)11-14-6-7-15(21)16(22)10-14/h6-7,10,25H,5,8-9,11-13H2,1-4H3,(H,23,24)/t19-,20?/m1/s1. The van der Waals surface area contributed by atoms with Gasteiger partial charge in [-0.05, 0) is 82.9 Å². The third-order valence-electron chi connectivity index (χ3n) is 4.75. The number of alkyl carbamates (subject to hydrolysis) is 1. The van der Waals surface area contributed by atoms with Crippen molar-refractivity contribution in [2.24, 2.45) is 5.41 Å². The summed E-state index contributed by atoms with van der Waals surface area (Å²) in [6.45, 7) is 7.82. The first-order chi connectivity index (χ1) is 11.9. The molecule has 1 saturated carbocycles. The lowest BCUT2D eigenvalue weighted by molar-refractivity contribution is -0.0363. The predicted octanol–water partition coefficient (Wildman–Crippen LogP) is 5.37. The monoisotopic (exact) mass is 401 g/mol. The Bertz CT molecular complexity index is 655. The summed E-state index contributed by atoms with van der Waals surface area (Å²) in [5.41, 5.74) is -0.498. The van der Waals surface area contributed by atoms with Crippen LogP contribution in [0.4, 0.5) is 4.79 Å². The SMILES string of the molecule is CC(C)(C)OC(=O)NCC1(Cc2ccc(Cl)c(Cl)c2)CCC[C@@](C)(O)C1. The fourth-order valence-corrected chi connectivity index (χ4v) is 4.17. The quantitative estimate of drug-likeness (QED) is 0.712. The lowest BCUT2D eigenvalue weighted by atomic mass is 9.65. The lowest BCUT2D eigenvalue weighted by Gasteiger charge is -2.44. The summed E-state index contributed by atoms with van der Waals surface area (Å²) < 4.78 is 5.36. The lowest BCUT2D eigenvalue weighted by Crippen LogP contribution is -2.48. The van der Waals surface area contributed by atoms with Crippen LogP contribution >= 0.6 is 23.2 Å². The molecule has 6 heteroatoms. The van der Waals surface area contributed by atoms with Crippen LogP contribution in [0.15, 0.2) is 18.2 Å². The van der Waals surface area contributed by atoms with Crippen LogP contribution in [0.5, 0.6) is 0 Å². The van der Waals surface area contributed by atoms with Crippen LogP contribution in [0.3, 0.4) is 0 Å². The molecule has 26 heavy (non-hydrogen) atoms. The van der Waals surface area contributed by atoms with Crippen molar-refractivity contribution in [1.29, 1.82) is 0 Å². The van der Waals surface area contributed by atoms with Gasteiger partial charge in [0.2, 0.25) is 0 Å². The van der Waals surface area contributed by atoms with Gasteiger partial charge in [0, 0.05) is 6.54 Å². The molecule has 1 aliphatic rings. The molecular weight excluding hydrogens is 373 g/mol. The molecular formula is C20H29Cl2NO3. The van der Waals surface area contributed by atoms with Gasteiger partial charge in [0.15, 0.2) is 0 Å². The largest absolute Gasteiger partial charge is 0.444 e. The number of carbonyl (C=O) groups excluding carboxylic acids is 1. The predicted molar refractivity (Wildman–Crippen MR) is 106 cm³/mol. The Kier molecular flexibility index (Phi) is 6.53. The van der Waals surface area contributed by atoms with E-state index in [9.17, 15) is 9.90 Å². The highest BCUT2D eigenvalue weighted by Gasteiger charge is 2.41. The molecule has 0 radical (unpaired) electrons. The average molecular weight is 402 g/mol. The Morgan fingerprint density at radius 1 is 1.27 bits per heavy atom. The Balaban J connectivity index is 2.17. The second-order valence-electron chi connectivity index (χ2n) is 8.81. The van der Waals surface area contributed by atoms with Gasteiger partial charge in [0.1, 0.15) is 5.60 Å². The third-order valence-corrected chi connectivity index (χ3v) is 5.49. The summed E-state index contributed by atoms with van der Waals surface area (Å²) in [7, 11) is 0. The molecule has 0 aliphatic heterocycles. The van der Waals surface area contributed by atoms with Gasteiger partial charge in [0.25, 0.3) is 0 Å². The zero-order chi connectivity index (χ0) is 19.6. The molecule has 2 rings (SSSR count). The zero-order valence-corrected chi connectivity index (χ0v) is 17.5. The zero-order valence-electron chi connectivity index (χ0n) is 16.0. The van der Waals surface area contributed by atoms with E-state index in [0.29, 0.717) is 29.4 Å². The van der Waals surface area contributed by atoms with E-state index in [0.717, 1.165) is 24.8 Å². The second-order valence-corrected chi connectivity index (χ2v) is 9.62. The number of ether oxygens (including phenoxy) is 1. The second kappa shape index (κ2) is 7.95. The van der Waals surface area contributed by atoms with E-state index >= 15 is 0 Å². The Labute approximate surface area is 166 Å². The fraction of sp³-hybridized carbons (Fsp3) is 0.650. The minimum Gasteiger partial charge on any atom is -0.444 e. The maximum Gasteiger partial charge on any atom is 0.407 e. The van der Waals surface area contributed by atoms with Gasteiger partial charge in [-0.25, -0.2) is 4.79 Å². The van der Waals surface area contributed by atoms with E-state index in [1.807, 2.05) is 39.8 Å². The number of aliphatic hydroxyl groups is 1. The molecule has 0 heterocycles. The summed E-state index contributed by atoms with van der Waals surface area (Å²) in [4.78, 5) is 12.1. The van der Waals surface area contributed by atoms with Gasteiger partial charge in [0.05, 0.1) is 15.6 Å².